The largest absolute Gasteiger partial charge is 0.429 e. The highest BCUT2D eigenvalue weighted by Gasteiger charge is 2.29. The molecule has 0 radical (unpaired) electrons. The molecule has 1 atom stereocenters. The number of hydrogen-bond acceptors (Lipinski definition) is 4. The van der Waals surface area contributed by atoms with E-state index >= 15 is 0 Å². The van der Waals surface area contributed by atoms with E-state index in [4.69, 9.17) is 10.5 Å². The molecule has 0 saturated heterocycles. The van der Waals surface area contributed by atoms with E-state index in [-0.39, 0.29) is 23.6 Å². The number of amides is 1. The molecule has 1 amide bonds. The van der Waals surface area contributed by atoms with Gasteiger partial charge in [-0.3, -0.25) is 9.59 Å². The minimum Gasteiger partial charge on any atom is -0.429 e. The molecule has 1 heterocycles. The van der Waals surface area contributed by atoms with Crippen molar-refractivity contribution in [3.8, 4) is 16.9 Å². The van der Waals surface area contributed by atoms with Crippen molar-refractivity contribution in [3.63, 3.8) is 0 Å². The van der Waals surface area contributed by atoms with Crippen molar-refractivity contribution in [3.05, 3.63) is 102 Å². The number of rotatable bonds is 10. The lowest BCUT2D eigenvalue weighted by Crippen LogP contribution is -2.42. The highest BCUT2D eigenvalue weighted by Crippen LogP contribution is 2.31. The summed E-state index contributed by atoms with van der Waals surface area (Å²) in [5, 5.41) is 3.87. The number of alkyl halides is 2. The number of benzene rings is 3. The lowest BCUT2D eigenvalue weighted by Gasteiger charge is -2.20. The van der Waals surface area contributed by atoms with E-state index in [2.05, 4.69) is 16.9 Å². The fraction of sp³-hybridized carbons (Fsp3) is 0.172. The van der Waals surface area contributed by atoms with E-state index < -0.39 is 18.1 Å². The van der Waals surface area contributed by atoms with Crippen molar-refractivity contribution in [1.29, 1.82) is 0 Å². The van der Waals surface area contributed by atoms with E-state index in [1.54, 1.807) is 30.3 Å². The van der Waals surface area contributed by atoms with E-state index in [0.29, 0.717) is 29.2 Å². The lowest BCUT2D eigenvalue weighted by molar-refractivity contribution is -0.131. The van der Waals surface area contributed by atoms with Crippen molar-refractivity contribution < 1.29 is 23.1 Å². The second-order valence-electron chi connectivity index (χ2n) is 8.68. The third-order valence-electron chi connectivity index (χ3n) is 6.09. The van der Waals surface area contributed by atoms with Crippen LogP contribution in [-0.4, -0.2) is 35.4 Å². The number of halogens is 2. The Morgan fingerprint density at radius 2 is 1.81 bits per heavy atom. The molecule has 0 aliphatic rings. The van der Waals surface area contributed by atoms with Crippen LogP contribution in [-0.2, 0) is 6.42 Å². The van der Waals surface area contributed by atoms with Crippen molar-refractivity contribution >= 4 is 22.6 Å². The molecule has 0 bridgehead atoms. The number of aromatic amines is 1. The van der Waals surface area contributed by atoms with Crippen LogP contribution in [0.4, 0.5) is 8.78 Å². The minimum absolute atomic E-state index is 0.0768. The zero-order valence-electron chi connectivity index (χ0n) is 20.3. The Balaban J connectivity index is 1.64. The van der Waals surface area contributed by atoms with Crippen LogP contribution >= 0.6 is 0 Å². The second kappa shape index (κ2) is 10.8. The molecule has 0 fully saturated rings. The number of H-pyrrole nitrogens is 1. The van der Waals surface area contributed by atoms with Gasteiger partial charge >= 0.3 is 6.11 Å². The van der Waals surface area contributed by atoms with Gasteiger partial charge in [0.05, 0.1) is 5.56 Å². The van der Waals surface area contributed by atoms with Crippen LogP contribution < -0.4 is 15.8 Å². The van der Waals surface area contributed by atoms with Gasteiger partial charge in [0.15, 0.2) is 5.78 Å². The van der Waals surface area contributed by atoms with Crippen molar-refractivity contribution in [2.75, 3.05) is 6.54 Å². The van der Waals surface area contributed by atoms with E-state index in [1.165, 1.54) is 19.1 Å². The number of para-hydroxylation sites is 1. The van der Waals surface area contributed by atoms with Crippen molar-refractivity contribution in [2.24, 2.45) is 5.73 Å². The summed E-state index contributed by atoms with van der Waals surface area (Å²) in [4.78, 5) is 28.2. The average molecular weight is 504 g/mol. The van der Waals surface area contributed by atoms with Gasteiger partial charge in [0, 0.05) is 41.3 Å². The summed E-state index contributed by atoms with van der Waals surface area (Å²) in [6, 6.07) is 18.5. The molecule has 4 aromatic rings. The van der Waals surface area contributed by atoms with E-state index in [1.807, 2.05) is 30.5 Å². The SMILES string of the molecule is C=CC(F)(F)Oc1ccc(-c2ccc(C(C)=O)cc2)cc1C(=O)NC(CN)Cc1c[nH]c2ccccc12. The zero-order valence-corrected chi connectivity index (χ0v) is 20.3. The fourth-order valence-corrected chi connectivity index (χ4v) is 4.08. The van der Waals surface area contributed by atoms with Gasteiger partial charge in [0.2, 0.25) is 0 Å². The van der Waals surface area contributed by atoms with Crippen LogP contribution in [0.15, 0.2) is 85.6 Å². The molecule has 37 heavy (non-hydrogen) atoms. The Labute approximate surface area is 213 Å². The van der Waals surface area contributed by atoms with Crippen molar-refractivity contribution in [2.45, 2.75) is 25.5 Å². The fourth-order valence-electron chi connectivity index (χ4n) is 4.08. The van der Waals surface area contributed by atoms with Crippen LogP contribution in [0.25, 0.3) is 22.0 Å². The number of aromatic nitrogens is 1. The lowest BCUT2D eigenvalue weighted by atomic mass is 9.99. The summed E-state index contributed by atoms with van der Waals surface area (Å²) in [6.45, 7) is 4.70. The third kappa shape index (κ3) is 5.92. The van der Waals surface area contributed by atoms with Crippen molar-refractivity contribution in [1.82, 2.24) is 10.3 Å². The summed E-state index contributed by atoms with van der Waals surface area (Å²) in [7, 11) is 0. The Bertz CT molecular complexity index is 1440. The van der Waals surface area contributed by atoms with Crippen LogP contribution in [0, 0.1) is 0 Å². The first-order valence-corrected chi connectivity index (χ1v) is 11.7. The van der Waals surface area contributed by atoms with Gasteiger partial charge in [-0.2, -0.15) is 8.78 Å². The predicted octanol–water partition coefficient (Wildman–Crippen LogP) is 5.49. The number of fused-ring (bicyclic) bond motifs is 1. The Kier molecular flexibility index (Phi) is 7.50. The summed E-state index contributed by atoms with van der Waals surface area (Å²) in [5.41, 5.74) is 9.66. The summed E-state index contributed by atoms with van der Waals surface area (Å²) >= 11 is 0. The molecule has 0 spiro atoms. The molecule has 4 rings (SSSR count). The standard InChI is InChI=1S/C29H27F2N3O3/c1-3-29(30,31)37-27-13-12-21(20-10-8-19(9-11-20)18(2)35)15-25(27)28(36)34-23(16-32)14-22-17-33-26-7-5-4-6-24(22)26/h3-13,15,17,23,33H,1,14,16,32H2,2H3,(H,34,36). The smallest absolute Gasteiger partial charge is 0.419 e. The Morgan fingerprint density at radius 1 is 1.11 bits per heavy atom. The minimum atomic E-state index is -3.67. The van der Waals surface area contributed by atoms with Gasteiger partial charge in [0.25, 0.3) is 5.91 Å². The summed E-state index contributed by atoms with van der Waals surface area (Å²) in [5.74, 6) is -0.980. The normalized spacial score (nSPS) is 12.2. The van der Waals surface area contributed by atoms with Crippen LogP contribution in [0.3, 0.4) is 0 Å². The van der Waals surface area contributed by atoms with E-state index in [0.717, 1.165) is 16.5 Å². The molecule has 0 aliphatic heterocycles. The van der Waals surface area contributed by atoms with Gasteiger partial charge < -0.3 is 20.8 Å². The van der Waals surface area contributed by atoms with Crippen LogP contribution in [0.5, 0.6) is 5.75 Å². The van der Waals surface area contributed by atoms with Crippen LogP contribution in [0.1, 0.15) is 33.2 Å². The highest BCUT2D eigenvalue weighted by molar-refractivity contribution is 5.99. The molecule has 6 nitrogen and oxygen atoms in total. The first-order chi connectivity index (χ1) is 17.7. The van der Waals surface area contributed by atoms with Gasteiger partial charge in [0.1, 0.15) is 5.75 Å². The second-order valence-corrected chi connectivity index (χ2v) is 8.68. The van der Waals surface area contributed by atoms with Gasteiger partial charge in [-0.05, 0) is 48.2 Å². The van der Waals surface area contributed by atoms with E-state index in [9.17, 15) is 18.4 Å². The molecule has 0 saturated carbocycles. The first-order valence-electron chi connectivity index (χ1n) is 11.7. The quantitative estimate of drug-likeness (QED) is 0.197. The third-order valence-corrected chi connectivity index (χ3v) is 6.09. The molecule has 3 aromatic carbocycles. The first kappa shape index (κ1) is 25.8. The van der Waals surface area contributed by atoms with Gasteiger partial charge in [-0.1, -0.05) is 55.1 Å². The number of nitrogens with two attached hydrogens (primary N) is 1. The molecule has 4 N–H and O–H groups in total. The number of Topliss-reactive ketones (excluding diaryl/α,β-unsaturated/α-hetero) is 1. The molecule has 190 valence electrons. The number of carbonyl (C=O) groups excluding carboxylic acids is 2. The maximum absolute atomic E-state index is 14.0. The number of ketones is 1. The Morgan fingerprint density at radius 3 is 2.49 bits per heavy atom. The average Bonchev–Trinajstić information content (AvgIpc) is 3.31. The summed E-state index contributed by atoms with van der Waals surface area (Å²) < 4.78 is 32.9. The van der Waals surface area contributed by atoms with Crippen LogP contribution in [0.2, 0.25) is 0 Å². The molecule has 0 aliphatic carbocycles. The Hall–Kier alpha value is -4.30. The monoisotopic (exact) mass is 503 g/mol. The summed E-state index contributed by atoms with van der Waals surface area (Å²) in [6.07, 6.45) is -0.999. The molecular weight excluding hydrogens is 476 g/mol. The highest BCUT2D eigenvalue weighted by atomic mass is 19.3. The number of hydrogen-bond donors (Lipinski definition) is 3. The molecule has 1 aromatic heterocycles. The number of nitrogens with one attached hydrogen (secondary N) is 2. The maximum atomic E-state index is 14.0. The predicted molar refractivity (Wildman–Crippen MR) is 140 cm³/mol. The molecule has 8 heteroatoms. The number of ether oxygens (including phenoxy) is 1. The van der Waals surface area contributed by atoms with Gasteiger partial charge in [-0.25, -0.2) is 0 Å². The van der Waals surface area contributed by atoms with Gasteiger partial charge in [-0.15, -0.1) is 0 Å². The topological polar surface area (TPSA) is 97.2 Å². The zero-order chi connectivity index (χ0) is 26.6. The number of carbonyl (C=O) groups is 2. The molecular formula is C29H27F2N3O3. The maximum Gasteiger partial charge on any atom is 0.419 e. The molecule has 1 unspecified atom stereocenters.